The second-order valence-corrected chi connectivity index (χ2v) is 11.2. The van der Waals surface area contributed by atoms with Gasteiger partial charge in [-0.25, -0.2) is 4.79 Å². The molecular weight excluding hydrogens is 410 g/mol. The molecule has 0 spiro atoms. The monoisotopic (exact) mass is 449 g/mol. The van der Waals surface area contributed by atoms with Crippen molar-refractivity contribution in [2.24, 2.45) is 10.8 Å². The Balaban J connectivity index is 1.79. The third kappa shape index (κ3) is 3.86. The van der Waals surface area contributed by atoms with Gasteiger partial charge in [0.15, 0.2) is 6.29 Å². The molecule has 1 saturated carbocycles. The van der Waals surface area contributed by atoms with E-state index in [1.54, 1.807) is 0 Å². The van der Waals surface area contributed by atoms with E-state index in [1.807, 2.05) is 14.1 Å². The van der Waals surface area contributed by atoms with Crippen LogP contribution in [0, 0.1) is 10.8 Å². The van der Waals surface area contributed by atoms with Gasteiger partial charge >= 0.3 is 5.97 Å². The Morgan fingerprint density at radius 3 is 2.62 bits per heavy atom. The molecule has 0 aromatic heterocycles. The van der Waals surface area contributed by atoms with Crippen molar-refractivity contribution in [1.82, 2.24) is 4.90 Å². The van der Waals surface area contributed by atoms with Crippen LogP contribution in [0.5, 0.6) is 0 Å². The van der Waals surface area contributed by atoms with Gasteiger partial charge in [-0.2, -0.15) is 4.89 Å². The van der Waals surface area contributed by atoms with E-state index in [1.165, 1.54) is 18.1 Å². The van der Waals surface area contributed by atoms with Crippen molar-refractivity contribution in [3.63, 3.8) is 0 Å². The number of hydrogen-bond acceptors (Lipinski definition) is 7. The van der Waals surface area contributed by atoms with Crippen LogP contribution in [0.3, 0.4) is 0 Å². The zero-order valence-corrected chi connectivity index (χ0v) is 20.6. The summed E-state index contributed by atoms with van der Waals surface area (Å²) in [4.78, 5) is 23.7. The molecule has 7 nitrogen and oxygen atoms in total. The van der Waals surface area contributed by atoms with E-state index >= 15 is 0 Å². The van der Waals surface area contributed by atoms with Crippen LogP contribution in [-0.4, -0.2) is 66.8 Å². The molecule has 4 aliphatic rings. The van der Waals surface area contributed by atoms with E-state index < -0.39 is 17.0 Å². The molecule has 0 aromatic carbocycles. The first-order valence-electron chi connectivity index (χ1n) is 11.8. The highest BCUT2D eigenvalue weighted by atomic mass is 17.2. The smallest absolute Gasteiger partial charge is 0.339 e. The summed E-state index contributed by atoms with van der Waals surface area (Å²) in [6.45, 7) is 10.7. The quantitative estimate of drug-likeness (QED) is 0.400. The van der Waals surface area contributed by atoms with Gasteiger partial charge in [-0.05, 0) is 58.7 Å². The molecule has 2 bridgehead atoms. The van der Waals surface area contributed by atoms with Crippen LogP contribution in [0.25, 0.3) is 0 Å². The fourth-order valence-corrected chi connectivity index (χ4v) is 6.29. The zero-order valence-electron chi connectivity index (χ0n) is 20.6. The number of fused-ring (bicyclic) bond motifs is 6. The lowest BCUT2D eigenvalue weighted by Gasteiger charge is -2.55. The number of nitrogens with zero attached hydrogens (tertiary/aromatic N) is 1. The lowest BCUT2D eigenvalue weighted by atomic mass is 9.54. The minimum atomic E-state index is -0.990. The molecule has 32 heavy (non-hydrogen) atoms. The van der Waals surface area contributed by atoms with Crippen LogP contribution in [0.15, 0.2) is 22.8 Å². The first-order valence-corrected chi connectivity index (χ1v) is 11.8. The van der Waals surface area contributed by atoms with Crippen LogP contribution in [0.4, 0.5) is 0 Å². The third-order valence-electron chi connectivity index (χ3n) is 8.28. The summed E-state index contributed by atoms with van der Waals surface area (Å²) < 4.78 is 13.2. The number of carbonyl (C=O) groups excluding carboxylic acids is 1. The molecule has 180 valence electrons. The molecule has 1 heterocycles. The summed E-state index contributed by atoms with van der Waals surface area (Å²) >= 11 is 0. The fourth-order valence-electron chi connectivity index (χ4n) is 6.29. The van der Waals surface area contributed by atoms with E-state index in [0.29, 0.717) is 19.4 Å². The van der Waals surface area contributed by atoms with Crippen molar-refractivity contribution in [1.29, 1.82) is 0 Å². The highest BCUT2D eigenvalue weighted by Gasteiger charge is 2.60. The lowest BCUT2D eigenvalue weighted by molar-refractivity contribution is -0.300. The van der Waals surface area contributed by atoms with Gasteiger partial charge in [0.2, 0.25) is 0 Å². The van der Waals surface area contributed by atoms with Crippen LogP contribution in [0.2, 0.25) is 0 Å². The van der Waals surface area contributed by atoms with Crippen molar-refractivity contribution in [2.75, 3.05) is 20.6 Å². The van der Waals surface area contributed by atoms with Crippen molar-refractivity contribution in [3.8, 4) is 0 Å². The van der Waals surface area contributed by atoms with Gasteiger partial charge in [-0.3, -0.25) is 4.89 Å². The topological polar surface area (TPSA) is 77.5 Å². The van der Waals surface area contributed by atoms with E-state index in [0.717, 1.165) is 24.8 Å². The minimum Gasteiger partial charge on any atom is -0.385 e. The van der Waals surface area contributed by atoms with Crippen molar-refractivity contribution in [3.05, 3.63) is 22.8 Å². The summed E-state index contributed by atoms with van der Waals surface area (Å²) in [7, 11) is 4.04. The summed E-state index contributed by atoms with van der Waals surface area (Å²) in [6, 6.07) is 0. The average Bonchev–Trinajstić information content (AvgIpc) is 3.08. The molecule has 0 radical (unpaired) electrons. The Bertz CT molecular complexity index is 832. The number of rotatable bonds is 4. The number of allylic oxidation sites excluding steroid dienone is 1. The Labute approximate surface area is 191 Å². The van der Waals surface area contributed by atoms with Gasteiger partial charge in [-0.15, -0.1) is 0 Å². The van der Waals surface area contributed by atoms with E-state index in [2.05, 4.69) is 38.7 Å². The second-order valence-electron chi connectivity index (χ2n) is 11.2. The number of aliphatic hydroxyl groups is 1. The number of ether oxygens (including phenoxy) is 2. The number of carbonyl (C=O) groups is 1. The molecule has 4 rings (SSSR count). The Morgan fingerprint density at radius 1 is 1.25 bits per heavy atom. The predicted molar refractivity (Wildman–Crippen MR) is 119 cm³/mol. The highest BCUT2D eigenvalue weighted by Crippen LogP contribution is 2.59. The summed E-state index contributed by atoms with van der Waals surface area (Å²) in [5.41, 5.74) is 1.81. The largest absolute Gasteiger partial charge is 0.385 e. The van der Waals surface area contributed by atoms with Crippen molar-refractivity contribution >= 4 is 5.97 Å². The van der Waals surface area contributed by atoms with Crippen LogP contribution < -0.4 is 0 Å². The number of likely N-dealkylation sites (N-methyl/N-ethyl adjacent to an activating group) is 1. The Kier molecular flexibility index (Phi) is 6.13. The molecule has 7 heteroatoms. The molecule has 1 aliphatic heterocycles. The van der Waals surface area contributed by atoms with E-state index in [-0.39, 0.29) is 30.0 Å². The van der Waals surface area contributed by atoms with Crippen LogP contribution in [-0.2, 0) is 24.0 Å². The maximum Gasteiger partial charge on any atom is 0.339 e. The molecule has 2 fully saturated rings. The minimum absolute atomic E-state index is 0.153. The van der Waals surface area contributed by atoms with Crippen molar-refractivity contribution in [2.45, 2.75) is 96.9 Å². The molecular formula is C25H39NO6. The van der Waals surface area contributed by atoms with Gasteiger partial charge in [0.1, 0.15) is 12.2 Å². The third-order valence-corrected chi connectivity index (χ3v) is 8.28. The summed E-state index contributed by atoms with van der Waals surface area (Å²) in [5.74, 6) is -0.457. The van der Waals surface area contributed by atoms with Gasteiger partial charge in [0.25, 0.3) is 0 Å². The standard InChI is InChI=1S/C25H39NO6/c1-15-8-11-25(28)13-17-12-18(32-31-16(2)27)9-10-24(17,5)22-21(20(15)23(25,3)4)29-19(30-22)14-26(6)7/h13,18-19,21-22,28H,8-12,14H2,1-7H3/b17-13-/t18?,19-,21-,22-,24-,25-/m1/s1. The number of hydrogen-bond donors (Lipinski definition) is 1. The first-order chi connectivity index (χ1) is 14.9. The molecule has 3 aliphatic carbocycles. The maximum absolute atomic E-state index is 12.0. The van der Waals surface area contributed by atoms with Gasteiger partial charge in [0, 0.05) is 24.3 Å². The van der Waals surface area contributed by atoms with Gasteiger partial charge in [0.05, 0.1) is 11.7 Å². The molecule has 0 aromatic rings. The Morgan fingerprint density at radius 2 is 1.97 bits per heavy atom. The Hall–Kier alpha value is -1.25. The SMILES string of the molecule is CC(=O)OOC1CC[C@]2(C)/C(=C\[C@]3(O)CCC(C)=C([C@H]4O[C@@H](CN(C)C)O[C@H]42)C3(C)C)C1. The molecule has 1 unspecified atom stereocenters. The highest BCUT2D eigenvalue weighted by molar-refractivity contribution is 5.65. The molecule has 6 atom stereocenters. The van der Waals surface area contributed by atoms with Crippen LogP contribution >= 0.6 is 0 Å². The van der Waals surface area contributed by atoms with Gasteiger partial charge < -0.3 is 19.5 Å². The second kappa shape index (κ2) is 8.20. The van der Waals surface area contributed by atoms with Crippen LogP contribution in [0.1, 0.15) is 66.7 Å². The predicted octanol–water partition coefficient (Wildman–Crippen LogP) is 3.52. The first kappa shape index (κ1) is 23.9. The zero-order chi connectivity index (χ0) is 23.5. The average molecular weight is 450 g/mol. The van der Waals surface area contributed by atoms with Crippen molar-refractivity contribution < 1.29 is 29.1 Å². The summed E-state index contributed by atoms with van der Waals surface area (Å²) in [6.07, 6.45) is 4.80. The molecule has 1 saturated heterocycles. The normalized spacial score (nSPS) is 42.5. The fraction of sp³-hybridized carbons (Fsp3) is 0.800. The summed E-state index contributed by atoms with van der Waals surface area (Å²) in [5, 5.41) is 12.0. The van der Waals surface area contributed by atoms with E-state index in [4.69, 9.17) is 19.2 Å². The maximum atomic E-state index is 12.0. The lowest BCUT2D eigenvalue weighted by Crippen LogP contribution is -2.56. The van der Waals surface area contributed by atoms with Gasteiger partial charge in [-0.1, -0.05) is 38.0 Å². The molecule has 0 amide bonds. The van der Waals surface area contributed by atoms with E-state index in [9.17, 15) is 9.90 Å². The molecule has 1 N–H and O–H groups in total.